The van der Waals surface area contributed by atoms with Crippen molar-refractivity contribution in [2.45, 2.75) is 30.6 Å². The Morgan fingerprint density at radius 2 is 1.70 bits per heavy atom. The van der Waals surface area contributed by atoms with Gasteiger partial charge >= 0.3 is 0 Å². The van der Waals surface area contributed by atoms with Crippen molar-refractivity contribution >= 4 is 15.9 Å². The maximum Gasteiger partial charge on any atom is 0.242 e. The summed E-state index contributed by atoms with van der Waals surface area (Å²) in [6, 6.07) is 10.8. The van der Waals surface area contributed by atoms with E-state index in [1.54, 1.807) is 31.6 Å². The molecule has 0 spiro atoms. The van der Waals surface area contributed by atoms with Gasteiger partial charge in [-0.1, -0.05) is 12.1 Å². The largest absolute Gasteiger partial charge is 0.342 e. The van der Waals surface area contributed by atoms with Crippen molar-refractivity contribution in [2.24, 2.45) is 0 Å². The third-order valence-electron chi connectivity index (χ3n) is 4.94. The summed E-state index contributed by atoms with van der Waals surface area (Å²) < 4.78 is 26.9. The van der Waals surface area contributed by atoms with Gasteiger partial charge in [-0.2, -0.15) is 0 Å². The van der Waals surface area contributed by atoms with Crippen LogP contribution in [-0.4, -0.2) is 55.2 Å². The van der Waals surface area contributed by atoms with Crippen molar-refractivity contribution in [2.75, 3.05) is 26.7 Å². The Labute approximate surface area is 160 Å². The van der Waals surface area contributed by atoms with E-state index in [4.69, 9.17) is 0 Å². The Bertz CT molecular complexity index is 867. The molecule has 0 atom stereocenters. The van der Waals surface area contributed by atoms with E-state index in [2.05, 4.69) is 4.98 Å². The Kier molecular flexibility index (Phi) is 6.23. The van der Waals surface area contributed by atoms with Gasteiger partial charge in [0.05, 0.1) is 4.90 Å². The molecule has 0 N–H and O–H groups in total. The predicted molar refractivity (Wildman–Crippen MR) is 104 cm³/mol. The van der Waals surface area contributed by atoms with Gasteiger partial charge in [0, 0.05) is 45.5 Å². The molecule has 144 valence electrons. The number of benzene rings is 1. The minimum atomic E-state index is -3.51. The first-order chi connectivity index (χ1) is 13.0. The third-order valence-corrected chi connectivity index (χ3v) is 6.81. The van der Waals surface area contributed by atoms with Crippen LogP contribution in [0.3, 0.4) is 0 Å². The van der Waals surface area contributed by atoms with Crippen LogP contribution in [0.4, 0.5) is 0 Å². The number of likely N-dealkylation sites (tertiary alicyclic amines) is 1. The first kappa shape index (κ1) is 19.5. The zero-order valence-electron chi connectivity index (χ0n) is 15.5. The minimum absolute atomic E-state index is 0.213. The highest BCUT2D eigenvalue weighted by molar-refractivity contribution is 7.89. The molecule has 1 amide bonds. The lowest BCUT2D eigenvalue weighted by atomic mass is 10.1. The number of hydrogen-bond donors (Lipinski definition) is 0. The van der Waals surface area contributed by atoms with Crippen molar-refractivity contribution in [3.8, 4) is 0 Å². The van der Waals surface area contributed by atoms with Gasteiger partial charge in [-0.15, -0.1) is 0 Å². The Balaban J connectivity index is 1.58. The molecular formula is C20H25N3O3S. The average molecular weight is 388 g/mol. The molecule has 7 heteroatoms. The molecule has 1 fully saturated rings. The molecule has 0 saturated carbocycles. The number of sulfonamides is 1. The van der Waals surface area contributed by atoms with Gasteiger partial charge in [0.25, 0.3) is 0 Å². The van der Waals surface area contributed by atoms with Crippen LogP contribution in [0, 0.1) is 0 Å². The molecule has 0 bridgehead atoms. The zero-order valence-corrected chi connectivity index (χ0v) is 16.4. The van der Waals surface area contributed by atoms with Crippen LogP contribution in [0.2, 0.25) is 0 Å². The van der Waals surface area contributed by atoms with E-state index in [9.17, 15) is 13.2 Å². The number of likely N-dealkylation sites (N-methyl/N-ethyl adjacent to an activating group) is 1. The summed E-state index contributed by atoms with van der Waals surface area (Å²) in [4.78, 5) is 17.8. The molecule has 1 aliphatic rings. The van der Waals surface area contributed by atoms with Crippen molar-refractivity contribution in [3.05, 3.63) is 59.9 Å². The van der Waals surface area contributed by atoms with Crippen LogP contribution in [0.5, 0.6) is 0 Å². The van der Waals surface area contributed by atoms with E-state index in [0.29, 0.717) is 30.8 Å². The van der Waals surface area contributed by atoms with E-state index >= 15 is 0 Å². The molecule has 1 aromatic carbocycles. The first-order valence-electron chi connectivity index (χ1n) is 9.19. The van der Waals surface area contributed by atoms with Crippen LogP contribution >= 0.6 is 0 Å². The highest BCUT2D eigenvalue weighted by Gasteiger charge is 2.21. The number of rotatable bonds is 8. The summed E-state index contributed by atoms with van der Waals surface area (Å²) >= 11 is 0. The van der Waals surface area contributed by atoms with Crippen molar-refractivity contribution in [1.29, 1.82) is 0 Å². The van der Waals surface area contributed by atoms with Crippen LogP contribution in [0.1, 0.15) is 24.0 Å². The number of carbonyl (C=O) groups is 1. The van der Waals surface area contributed by atoms with E-state index in [1.807, 2.05) is 29.2 Å². The fourth-order valence-corrected chi connectivity index (χ4v) is 4.34. The van der Waals surface area contributed by atoms with E-state index in [0.717, 1.165) is 30.5 Å². The Hall–Kier alpha value is -2.25. The first-order valence-corrected chi connectivity index (χ1v) is 10.6. The topological polar surface area (TPSA) is 70.6 Å². The summed E-state index contributed by atoms with van der Waals surface area (Å²) in [5.74, 6) is 0.213. The van der Waals surface area contributed by atoms with Crippen molar-refractivity contribution < 1.29 is 13.2 Å². The van der Waals surface area contributed by atoms with Crippen molar-refractivity contribution in [1.82, 2.24) is 14.2 Å². The van der Waals surface area contributed by atoms with Gasteiger partial charge < -0.3 is 4.90 Å². The van der Waals surface area contributed by atoms with Gasteiger partial charge in [-0.25, -0.2) is 12.7 Å². The van der Waals surface area contributed by atoms with E-state index < -0.39 is 10.0 Å². The highest BCUT2D eigenvalue weighted by Crippen LogP contribution is 2.17. The summed E-state index contributed by atoms with van der Waals surface area (Å²) in [7, 11) is -1.91. The van der Waals surface area contributed by atoms with E-state index in [-0.39, 0.29) is 5.91 Å². The van der Waals surface area contributed by atoms with Crippen LogP contribution in [-0.2, 0) is 27.7 Å². The standard InChI is InChI=1S/C20H25N3O3S/c1-22(15-10-18-8-12-21-13-9-18)27(25,26)19-6-4-17(5-7-19)11-16-23-14-2-3-20(23)24/h4-9,12-13H,2-3,10-11,14-16H2,1H3. The Morgan fingerprint density at radius 1 is 1.04 bits per heavy atom. The number of amides is 1. The molecular weight excluding hydrogens is 362 g/mol. The molecule has 3 rings (SSSR count). The summed E-state index contributed by atoms with van der Waals surface area (Å²) in [5.41, 5.74) is 2.09. The van der Waals surface area contributed by atoms with Crippen LogP contribution in [0.15, 0.2) is 53.7 Å². The molecule has 0 radical (unpaired) electrons. The van der Waals surface area contributed by atoms with Crippen molar-refractivity contribution in [3.63, 3.8) is 0 Å². The molecule has 27 heavy (non-hydrogen) atoms. The van der Waals surface area contributed by atoms with Crippen LogP contribution in [0.25, 0.3) is 0 Å². The fraction of sp³-hybridized carbons (Fsp3) is 0.400. The lowest BCUT2D eigenvalue weighted by Crippen LogP contribution is -2.29. The van der Waals surface area contributed by atoms with Crippen LogP contribution < -0.4 is 0 Å². The van der Waals surface area contributed by atoms with Gasteiger partial charge in [0.15, 0.2) is 0 Å². The normalized spacial score (nSPS) is 14.9. The predicted octanol–water partition coefficient (Wildman–Crippen LogP) is 2.11. The summed E-state index contributed by atoms with van der Waals surface area (Å²) in [6.07, 6.45) is 6.37. The molecule has 0 unspecified atom stereocenters. The number of carbonyl (C=O) groups excluding carboxylic acids is 1. The quantitative estimate of drug-likeness (QED) is 0.696. The lowest BCUT2D eigenvalue weighted by Gasteiger charge is -2.18. The van der Waals surface area contributed by atoms with Gasteiger partial charge in [-0.3, -0.25) is 9.78 Å². The number of aromatic nitrogens is 1. The second-order valence-corrected chi connectivity index (χ2v) is 8.86. The second kappa shape index (κ2) is 8.63. The fourth-order valence-electron chi connectivity index (χ4n) is 3.17. The van der Waals surface area contributed by atoms with E-state index in [1.165, 1.54) is 4.31 Å². The maximum atomic E-state index is 12.7. The summed E-state index contributed by atoms with van der Waals surface area (Å²) in [5, 5.41) is 0. The number of pyridine rings is 1. The molecule has 1 aromatic heterocycles. The average Bonchev–Trinajstić information content (AvgIpc) is 3.10. The van der Waals surface area contributed by atoms with Gasteiger partial charge in [-0.05, 0) is 54.7 Å². The minimum Gasteiger partial charge on any atom is -0.342 e. The van der Waals surface area contributed by atoms with Gasteiger partial charge in [0.1, 0.15) is 0 Å². The number of hydrogen-bond acceptors (Lipinski definition) is 4. The SMILES string of the molecule is CN(CCc1ccncc1)S(=O)(=O)c1ccc(CCN2CCCC2=O)cc1. The second-order valence-electron chi connectivity index (χ2n) is 6.81. The molecule has 1 saturated heterocycles. The molecule has 2 heterocycles. The van der Waals surface area contributed by atoms with Gasteiger partial charge in [0.2, 0.25) is 15.9 Å². The third kappa shape index (κ3) is 4.93. The molecule has 1 aliphatic heterocycles. The lowest BCUT2D eigenvalue weighted by molar-refractivity contribution is -0.127. The zero-order chi connectivity index (χ0) is 19.3. The monoisotopic (exact) mass is 387 g/mol. The molecule has 6 nitrogen and oxygen atoms in total. The Morgan fingerprint density at radius 3 is 2.33 bits per heavy atom. The maximum absolute atomic E-state index is 12.7. The smallest absolute Gasteiger partial charge is 0.242 e. The molecule has 2 aromatic rings. The summed E-state index contributed by atoms with van der Waals surface area (Å²) in [6.45, 7) is 1.93. The highest BCUT2D eigenvalue weighted by atomic mass is 32.2. The number of nitrogens with zero attached hydrogens (tertiary/aromatic N) is 3. The molecule has 0 aliphatic carbocycles.